The van der Waals surface area contributed by atoms with Crippen LogP contribution in [0.1, 0.15) is 17.5 Å². The van der Waals surface area contributed by atoms with Crippen LogP contribution in [0, 0.1) is 0 Å². The molecule has 0 spiro atoms. The Hall–Kier alpha value is -1.78. The van der Waals surface area contributed by atoms with Gasteiger partial charge in [0.05, 0.1) is 20.8 Å². The Labute approximate surface area is 119 Å². The first-order valence-electron chi connectivity index (χ1n) is 6.72. The molecule has 20 heavy (non-hydrogen) atoms. The van der Waals surface area contributed by atoms with Crippen LogP contribution in [0.25, 0.3) is 10.8 Å². The predicted molar refractivity (Wildman–Crippen MR) is 80.4 cm³/mol. The Morgan fingerprint density at radius 2 is 1.90 bits per heavy atom. The van der Waals surface area contributed by atoms with Gasteiger partial charge in [-0.3, -0.25) is 0 Å². The van der Waals surface area contributed by atoms with Gasteiger partial charge in [0.1, 0.15) is 11.5 Å². The van der Waals surface area contributed by atoms with Gasteiger partial charge in [0.25, 0.3) is 0 Å². The lowest BCUT2D eigenvalue weighted by Gasteiger charge is -2.15. The fourth-order valence-electron chi connectivity index (χ4n) is 2.46. The summed E-state index contributed by atoms with van der Waals surface area (Å²) in [5.41, 5.74) is 7.49. The van der Waals surface area contributed by atoms with E-state index in [0.29, 0.717) is 12.3 Å². The van der Waals surface area contributed by atoms with Crippen LogP contribution in [0.4, 0.5) is 0 Å². The van der Waals surface area contributed by atoms with Crippen molar-refractivity contribution in [1.82, 2.24) is 0 Å². The molecule has 0 saturated carbocycles. The maximum atomic E-state index is 9.49. The smallest absolute Gasteiger partial charge is 0.132 e. The van der Waals surface area contributed by atoms with Gasteiger partial charge < -0.3 is 20.3 Å². The summed E-state index contributed by atoms with van der Waals surface area (Å²) in [5.74, 6) is 1.45. The van der Waals surface area contributed by atoms with Gasteiger partial charge >= 0.3 is 0 Å². The lowest BCUT2D eigenvalue weighted by atomic mass is 10.00. The highest BCUT2D eigenvalue weighted by Gasteiger charge is 2.13. The molecule has 0 aliphatic carbocycles. The molecule has 0 aliphatic heterocycles. The molecule has 0 amide bonds. The van der Waals surface area contributed by atoms with Gasteiger partial charge in [0, 0.05) is 16.3 Å². The molecule has 0 heterocycles. The van der Waals surface area contributed by atoms with E-state index in [9.17, 15) is 5.11 Å². The van der Waals surface area contributed by atoms with Crippen LogP contribution >= 0.6 is 0 Å². The van der Waals surface area contributed by atoms with Crippen molar-refractivity contribution in [3.05, 3.63) is 35.4 Å². The third-order valence-corrected chi connectivity index (χ3v) is 3.45. The highest BCUT2D eigenvalue weighted by molar-refractivity contribution is 5.95. The van der Waals surface area contributed by atoms with Crippen molar-refractivity contribution in [3.63, 3.8) is 0 Å². The number of aliphatic hydroxyl groups is 1. The number of hydrogen-bond donors (Lipinski definition) is 2. The Balaban J connectivity index is 2.63. The molecule has 0 aromatic heterocycles. The molecule has 4 heteroatoms. The van der Waals surface area contributed by atoms with Crippen LogP contribution in [0.5, 0.6) is 11.5 Å². The summed E-state index contributed by atoms with van der Waals surface area (Å²) in [4.78, 5) is 0. The number of benzene rings is 2. The van der Waals surface area contributed by atoms with Gasteiger partial charge in [0.15, 0.2) is 0 Å². The van der Waals surface area contributed by atoms with Crippen LogP contribution in [-0.2, 0) is 13.0 Å². The summed E-state index contributed by atoms with van der Waals surface area (Å²) >= 11 is 0. The second-order valence-corrected chi connectivity index (χ2v) is 4.70. The molecule has 0 saturated heterocycles. The van der Waals surface area contributed by atoms with Crippen molar-refractivity contribution in [2.75, 3.05) is 20.8 Å². The molecular weight excluding hydrogens is 254 g/mol. The largest absolute Gasteiger partial charge is 0.496 e. The van der Waals surface area contributed by atoms with Crippen molar-refractivity contribution in [1.29, 1.82) is 0 Å². The maximum absolute atomic E-state index is 9.49. The van der Waals surface area contributed by atoms with Crippen LogP contribution < -0.4 is 15.2 Å². The normalized spacial score (nSPS) is 10.8. The van der Waals surface area contributed by atoms with Gasteiger partial charge in [-0.2, -0.15) is 0 Å². The average Bonchev–Trinajstić information content (AvgIpc) is 2.50. The van der Waals surface area contributed by atoms with Crippen LogP contribution in [0.15, 0.2) is 24.3 Å². The second-order valence-electron chi connectivity index (χ2n) is 4.70. The van der Waals surface area contributed by atoms with E-state index in [1.54, 1.807) is 14.2 Å². The van der Waals surface area contributed by atoms with Gasteiger partial charge in [0.2, 0.25) is 0 Å². The minimum Gasteiger partial charge on any atom is -0.496 e. The van der Waals surface area contributed by atoms with E-state index in [4.69, 9.17) is 15.2 Å². The van der Waals surface area contributed by atoms with Crippen molar-refractivity contribution in [2.45, 2.75) is 19.4 Å². The first-order valence-corrected chi connectivity index (χ1v) is 6.72. The van der Waals surface area contributed by atoms with Gasteiger partial charge in [-0.25, -0.2) is 0 Å². The Bertz CT molecular complexity index is 596. The standard InChI is InChI=1S/C16H21NO3/c1-19-15-9-12(10-18)16(20-2)14-8-11(4-3-7-17)5-6-13(14)15/h5-6,8-9,18H,3-4,7,10,17H2,1-2H3. The number of rotatable bonds is 6. The molecule has 3 N–H and O–H groups in total. The molecule has 0 bridgehead atoms. The minimum absolute atomic E-state index is 0.0809. The monoisotopic (exact) mass is 275 g/mol. The second kappa shape index (κ2) is 6.59. The number of ether oxygens (including phenoxy) is 2. The fraction of sp³-hybridized carbons (Fsp3) is 0.375. The Kier molecular flexibility index (Phi) is 4.82. The number of methoxy groups -OCH3 is 2. The van der Waals surface area contributed by atoms with E-state index in [0.717, 1.165) is 34.9 Å². The average molecular weight is 275 g/mol. The summed E-state index contributed by atoms with van der Waals surface area (Å²) in [6, 6.07) is 8.02. The van der Waals surface area contributed by atoms with Gasteiger partial charge in [-0.1, -0.05) is 12.1 Å². The molecular formula is C16H21NO3. The zero-order valence-corrected chi connectivity index (χ0v) is 12.0. The third-order valence-electron chi connectivity index (χ3n) is 3.45. The molecule has 0 fully saturated rings. The molecule has 0 atom stereocenters. The van der Waals surface area contributed by atoms with E-state index in [1.165, 1.54) is 5.56 Å². The Morgan fingerprint density at radius 1 is 1.10 bits per heavy atom. The quantitative estimate of drug-likeness (QED) is 0.848. The van der Waals surface area contributed by atoms with E-state index < -0.39 is 0 Å². The molecule has 0 unspecified atom stereocenters. The summed E-state index contributed by atoms with van der Waals surface area (Å²) < 4.78 is 10.9. The SMILES string of the molecule is COc1cc(CO)c(OC)c2cc(CCCN)ccc12. The van der Waals surface area contributed by atoms with Crippen molar-refractivity contribution in [2.24, 2.45) is 5.73 Å². The first kappa shape index (κ1) is 14.6. The number of fused-ring (bicyclic) bond motifs is 1. The van der Waals surface area contributed by atoms with E-state index in [2.05, 4.69) is 12.1 Å². The number of hydrogen-bond acceptors (Lipinski definition) is 4. The summed E-state index contributed by atoms with van der Waals surface area (Å²) in [5, 5.41) is 11.4. The van der Waals surface area contributed by atoms with E-state index in [1.807, 2.05) is 12.1 Å². The molecule has 2 aromatic rings. The van der Waals surface area contributed by atoms with Crippen molar-refractivity contribution in [3.8, 4) is 11.5 Å². The van der Waals surface area contributed by atoms with Crippen molar-refractivity contribution >= 4 is 10.8 Å². The zero-order chi connectivity index (χ0) is 14.5. The highest BCUT2D eigenvalue weighted by atomic mass is 16.5. The summed E-state index contributed by atoms with van der Waals surface area (Å²) in [6.07, 6.45) is 1.88. The summed E-state index contributed by atoms with van der Waals surface area (Å²) in [7, 11) is 3.25. The first-order chi connectivity index (χ1) is 9.74. The third kappa shape index (κ3) is 2.71. The van der Waals surface area contributed by atoms with Crippen LogP contribution in [0.2, 0.25) is 0 Å². The maximum Gasteiger partial charge on any atom is 0.132 e. The lowest BCUT2D eigenvalue weighted by molar-refractivity contribution is 0.273. The predicted octanol–water partition coefficient (Wildman–Crippen LogP) is 2.24. The van der Waals surface area contributed by atoms with Gasteiger partial charge in [-0.15, -0.1) is 0 Å². The topological polar surface area (TPSA) is 64.7 Å². The minimum atomic E-state index is -0.0809. The molecule has 0 aliphatic rings. The molecule has 108 valence electrons. The molecule has 4 nitrogen and oxygen atoms in total. The van der Waals surface area contributed by atoms with Crippen LogP contribution in [0.3, 0.4) is 0 Å². The van der Waals surface area contributed by atoms with Crippen LogP contribution in [-0.4, -0.2) is 25.9 Å². The van der Waals surface area contributed by atoms with E-state index >= 15 is 0 Å². The molecule has 2 rings (SSSR count). The number of nitrogens with two attached hydrogens (primary N) is 1. The summed E-state index contributed by atoms with van der Waals surface area (Å²) in [6.45, 7) is 0.595. The molecule has 0 radical (unpaired) electrons. The van der Waals surface area contributed by atoms with Gasteiger partial charge in [-0.05, 0) is 37.1 Å². The lowest BCUT2D eigenvalue weighted by Crippen LogP contribution is -2.01. The Morgan fingerprint density at radius 3 is 2.50 bits per heavy atom. The molecule has 2 aromatic carbocycles. The number of aryl methyl sites for hydroxylation is 1. The van der Waals surface area contributed by atoms with Crippen molar-refractivity contribution < 1.29 is 14.6 Å². The fourth-order valence-corrected chi connectivity index (χ4v) is 2.46. The highest BCUT2D eigenvalue weighted by Crippen LogP contribution is 2.37. The zero-order valence-electron chi connectivity index (χ0n) is 12.0. The van der Waals surface area contributed by atoms with E-state index in [-0.39, 0.29) is 6.61 Å². The number of aliphatic hydroxyl groups excluding tert-OH is 1.